The SMILES string of the molecule is CC(NC1CCCCC1C(C)C)c1ccc(C(=O)O)o1. The van der Waals surface area contributed by atoms with E-state index in [-0.39, 0.29) is 11.8 Å². The van der Waals surface area contributed by atoms with Crippen LogP contribution in [0.25, 0.3) is 0 Å². The molecule has 2 N–H and O–H groups in total. The quantitative estimate of drug-likeness (QED) is 0.859. The second kappa shape index (κ2) is 6.44. The minimum atomic E-state index is -1.01. The van der Waals surface area contributed by atoms with Gasteiger partial charge in [-0.05, 0) is 43.7 Å². The molecule has 1 aromatic rings. The molecule has 2 rings (SSSR count). The molecule has 1 heterocycles. The van der Waals surface area contributed by atoms with Crippen LogP contribution in [0, 0.1) is 11.8 Å². The molecule has 1 aliphatic carbocycles. The Labute approximate surface area is 120 Å². The Morgan fingerprint density at radius 2 is 2.00 bits per heavy atom. The Hall–Kier alpha value is -1.29. The van der Waals surface area contributed by atoms with Gasteiger partial charge in [-0.15, -0.1) is 0 Å². The van der Waals surface area contributed by atoms with E-state index in [1.807, 2.05) is 6.92 Å². The summed E-state index contributed by atoms with van der Waals surface area (Å²) in [6.45, 7) is 6.60. The first-order valence-electron chi connectivity index (χ1n) is 7.58. The topological polar surface area (TPSA) is 62.5 Å². The van der Waals surface area contributed by atoms with Crippen LogP contribution in [0.15, 0.2) is 16.5 Å². The first-order chi connectivity index (χ1) is 9.49. The number of carbonyl (C=O) groups is 1. The standard InChI is InChI=1S/C16H25NO3/c1-10(2)12-6-4-5-7-13(12)17-11(3)14-8-9-15(20-14)16(18)19/h8-13,17H,4-7H2,1-3H3,(H,18,19). The molecule has 0 spiro atoms. The summed E-state index contributed by atoms with van der Waals surface area (Å²) in [6, 6.07) is 3.83. The van der Waals surface area contributed by atoms with E-state index in [2.05, 4.69) is 19.2 Å². The van der Waals surface area contributed by atoms with Gasteiger partial charge in [0, 0.05) is 6.04 Å². The monoisotopic (exact) mass is 279 g/mol. The zero-order chi connectivity index (χ0) is 14.7. The van der Waals surface area contributed by atoms with Crippen LogP contribution < -0.4 is 5.32 Å². The normalized spacial score (nSPS) is 24.8. The zero-order valence-electron chi connectivity index (χ0n) is 12.6. The van der Waals surface area contributed by atoms with Crippen molar-refractivity contribution in [2.75, 3.05) is 0 Å². The molecule has 4 heteroatoms. The zero-order valence-corrected chi connectivity index (χ0v) is 12.6. The van der Waals surface area contributed by atoms with Crippen molar-refractivity contribution in [2.45, 2.75) is 58.5 Å². The van der Waals surface area contributed by atoms with Crippen LogP contribution in [0.1, 0.15) is 68.8 Å². The van der Waals surface area contributed by atoms with Gasteiger partial charge in [0.1, 0.15) is 5.76 Å². The smallest absolute Gasteiger partial charge is 0.371 e. The number of hydrogen-bond donors (Lipinski definition) is 2. The summed E-state index contributed by atoms with van der Waals surface area (Å²) in [6.07, 6.45) is 5.06. The lowest BCUT2D eigenvalue weighted by atomic mass is 9.77. The first kappa shape index (κ1) is 15.1. The van der Waals surface area contributed by atoms with Crippen LogP contribution in [0.2, 0.25) is 0 Å². The summed E-state index contributed by atoms with van der Waals surface area (Å²) < 4.78 is 5.38. The summed E-state index contributed by atoms with van der Waals surface area (Å²) in [5.74, 6) is 1.07. The second-order valence-electron chi connectivity index (χ2n) is 6.19. The molecule has 20 heavy (non-hydrogen) atoms. The van der Waals surface area contributed by atoms with Gasteiger partial charge < -0.3 is 14.8 Å². The molecule has 4 nitrogen and oxygen atoms in total. The fraction of sp³-hybridized carbons (Fsp3) is 0.688. The van der Waals surface area contributed by atoms with E-state index in [0.29, 0.717) is 23.6 Å². The second-order valence-corrected chi connectivity index (χ2v) is 6.19. The Morgan fingerprint density at radius 3 is 2.60 bits per heavy atom. The van der Waals surface area contributed by atoms with E-state index in [0.717, 1.165) is 0 Å². The Bertz CT molecular complexity index is 452. The number of carboxylic acids is 1. The fourth-order valence-corrected chi connectivity index (χ4v) is 3.27. The van der Waals surface area contributed by atoms with E-state index in [1.165, 1.54) is 31.7 Å². The van der Waals surface area contributed by atoms with E-state index >= 15 is 0 Å². The van der Waals surface area contributed by atoms with Gasteiger partial charge in [0.25, 0.3) is 0 Å². The van der Waals surface area contributed by atoms with Crippen molar-refractivity contribution in [3.05, 3.63) is 23.7 Å². The number of hydrogen-bond acceptors (Lipinski definition) is 3. The molecule has 3 unspecified atom stereocenters. The third-order valence-corrected chi connectivity index (χ3v) is 4.40. The summed E-state index contributed by atoms with van der Waals surface area (Å²) in [7, 11) is 0. The highest BCUT2D eigenvalue weighted by molar-refractivity contribution is 5.84. The van der Waals surface area contributed by atoms with Crippen molar-refractivity contribution in [1.82, 2.24) is 5.32 Å². The number of aromatic carboxylic acids is 1. The highest BCUT2D eigenvalue weighted by Gasteiger charge is 2.29. The van der Waals surface area contributed by atoms with Gasteiger partial charge in [0.2, 0.25) is 5.76 Å². The average Bonchev–Trinajstić information content (AvgIpc) is 2.89. The predicted molar refractivity (Wildman–Crippen MR) is 77.8 cm³/mol. The minimum Gasteiger partial charge on any atom is -0.475 e. The van der Waals surface area contributed by atoms with Gasteiger partial charge in [-0.1, -0.05) is 26.7 Å². The largest absolute Gasteiger partial charge is 0.475 e. The van der Waals surface area contributed by atoms with Gasteiger partial charge in [-0.2, -0.15) is 0 Å². The molecular formula is C16H25NO3. The molecule has 3 atom stereocenters. The van der Waals surface area contributed by atoms with Crippen molar-refractivity contribution in [2.24, 2.45) is 11.8 Å². The van der Waals surface area contributed by atoms with Crippen molar-refractivity contribution >= 4 is 5.97 Å². The lowest BCUT2D eigenvalue weighted by molar-refractivity contribution is 0.0659. The highest BCUT2D eigenvalue weighted by atomic mass is 16.4. The van der Waals surface area contributed by atoms with Crippen LogP contribution in [0.4, 0.5) is 0 Å². The van der Waals surface area contributed by atoms with Gasteiger partial charge in [0.15, 0.2) is 0 Å². The number of furan rings is 1. The third kappa shape index (κ3) is 3.42. The van der Waals surface area contributed by atoms with Crippen molar-refractivity contribution in [1.29, 1.82) is 0 Å². The molecule has 1 aliphatic rings. The summed E-state index contributed by atoms with van der Waals surface area (Å²) in [5, 5.41) is 12.5. The molecule has 1 saturated carbocycles. The lowest BCUT2D eigenvalue weighted by Crippen LogP contribution is -2.41. The molecule has 0 saturated heterocycles. The highest BCUT2D eigenvalue weighted by Crippen LogP contribution is 2.32. The van der Waals surface area contributed by atoms with Crippen LogP contribution in [0.5, 0.6) is 0 Å². The van der Waals surface area contributed by atoms with Crippen molar-refractivity contribution in [3.8, 4) is 0 Å². The lowest BCUT2D eigenvalue weighted by Gasteiger charge is -2.36. The first-order valence-corrected chi connectivity index (χ1v) is 7.58. The molecule has 0 aromatic carbocycles. The van der Waals surface area contributed by atoms with Crippen LogP contribution in [0.3, 0.4) is 0 Å². The number of rotatable bonds is 5. The van der Waals surface area contributed by atoms with Crippen molar-refractivity contribution in [3.63, 3.8) is 0 Å². The van der Waals surface area contributed by atoms with Gasteiger partial charge >= 0.3 is 5.97 Å². The maximum absolute atomic E-state index is 10.9. The van der Waals surface area contributed by atoms with Crippen LogP contribution in [-0.4, -0.2) is 17.1 Å². The molecule has 112 valence electrons. The Balaban J connectivity index is 2.01. The van der Waals surface area contributed by atoms with Gasteiger partial charge in [-0.3, -0.25) is 0 Å². The Kier molecular flexibility index (Phi) is 4.86. The van der Waals surface area contributed by atoms with Crippen molar-refractivity contribution < 1.29 is 14.3 Å². The molecule has 0 aliphatic heterocycles. The molecular weight excluding hydrogens is 254 g/mol. The summed E-state index contributed by atoms with van der Waals surface area (Å²) in [4.78, 5) is 10.9. The minimum absolute atomic E-state index is 0.0118. The van der Waals surface area contributed by atoms with E-state index in [9.17, 15) is 4.79 Å². The number of carboxylic acid groups (broad SMARTS) is 1. The van der Waals surface area contributed by atoms with Crippen LogP contribution >= 0.6 is 0 Å². The molecule has 0 bridgehead atoms. The van der Waals surface area contributed by atoms with E-state index in [4.69, 9.17) is 9.52 Å². The maximum atomic E-state index is 10.9. The van der Waals surface area contributed by atoms with Gasteiger partial charge in [0.05, 0.1) is 6.04 Å². The average molecular weight is 279 g/mol. The summed E-state index contributed by atoms with van der Waals surface area (Å²) >= 11 is 0. The maximum Gasteiger partial charge on any atom is 0.371 e. The van der Waals surface area contributed by atoms with Crippen LogP contribution in [-0.2, 0) is 0 Å². The van der Waals surface area contributed by atoms with E-state index in [1.54, 1.807) is 6.07 Å². The molecule has 0 amide bonds. The van der Waals surface area contributed by atoms with Gasteiger partial charge in [-0.25, -0.2) is 4.79 Å². The number of nitrogens with one attached hydrogen (secondary N) is 1. The van der Waals surface area contributed by atoms with E-state index < -0.39 is 5.97 Å². The molecule has 1 aromatic heterocycles. The fourth-order valence-electron chi connectivity index (χ4n) is 3.27. The Morgan fingerprint density at radius 1 is 1.30 bits per heavy atom. The third-order valence-electron chi connectivity index (χ3n) is 4.40. The molecule has 1 fully saturated rings. The molecule has 0 radical (unpaired) electrons. The summed E-state index contributed by atoms with van der Waals surface area (Å²) in [5.41, 5.74) is 0. The predicted octanol–water partition coefficient (Wildman–Crippen LogP) is 3.84.